The summed E-state index contributed by atoms with van der Waals surface area (Å²) in [4.78, 5) is 16.4. The van der Waals surface area contributed by atoms with Crippen LogP contribution in [0.5, 0.6) is 0 Å². The molecule has 0 spiro atoms. The quantitative estimate of drug-likeness (QED) is 0.876. The van der Waals surface area contributed by atoms with Gasteiger partial charge in [-0.25, -0.2) is 4.98 Å². The number of carbonyl (C=O) groups is 1. The molecule has 0 saturated heterocycles. The Morgan fingerprint density at radius 2 is 2.24 bits per heavy atom. The van der Waals surface area contributed by atoms with E-state index < -0.39 is 5.41 Å². The van der Waals surface area contributed by atoms with E-state index in [0.29, 0.717) is 18.0 Å². The SMILES string of the molecule is Cc1csc(NC(=O)C2(C#N)CCCCC2)n1. The molecule has 1 N–H and O–H groups in total. The van der Waals surface area contributed by atoms with Gasteiger partial charge in [-0.2, -0.15) is 5.26 Å². The molecule has 2 rings (SSSR count). The molecule has 0 bridgehead atoms. The third-order valence-corrected chi connectivity index (χ3v) is 4.07. The Hall–Kier alpha value is -1.41. The lowest BCUT2D eigenvalue weighted by Crippen LogP contribution is -2.36. The fraction of sp³-hybridized carbons (Fsp3) is 0.583. The van der Waals surface area contributed by atoms with Crippen LogP contribution in [0, 0.1) is 23.7 Å². The molecule has 0 unspecified atom stereocenters. The molecule has 0 atom stereocenters. The lowest BCUT2D eigenvalue weighted by molar-refractivity contribution is -0.124. The maximum Gasteiger partial charge on any atom is 0.246 e. The normalized spacial score (nSPS) is 18.4. The van der Waals surface area contributed by atoms with Crippen LogP contribution in [0.1, 0.15) is 37.8 Å². The zero-order valence-corrected chi connectivity index (χ0v) is 10.6. The molecule has 1 aromatic heterocycles. The maximum absolute atomic E-state index is 12.2. The largest absolute Gasteiger partial charge is 0.301 e. The van der Waals surface area contributed by atoms with Crippen molar-refractivity contribution in [3.8, 4) is 6.07 Å². The highest BCUT2D eigenvalue weighted by atomic mass is 32.1. The fourth-order valence-corrected chi connectivity index (χ4v) is 2.86. The Kier molecular flexibility index (Phi) is 3.43. The van der Waals surface area contributed by atoms with Crippen LogP contribution in [0.25, 0.3) is 0 Å². The average Bonchev–Trinajstić information content (AvgIpc) is 2.75. The number of thiazole rings is 1. The summed E-state index contributed by atoms with van der Waals surface area (Å²) in [6.07, 6.45) is 4.36. The van der Waals surface area contributed by atoms with Crippen molar-refractivity contribution in [3.05, 3.63) is 11.1 Å². The summed E-state index contributed by atoms with van der Waals surface area (Å²) in [6, 6.07) is 2.21. The van der Waals surface area contributed by atoms with Crippen LogP contribution < -0.4 is 5.32 Å². The minimum Gasteiger partial charge on any atom is -0.301 e. The zero-order valence-electron chi connectivity index (χ0n) is 9.82. The molecule has 1 aliphatic rings. The van der Waals surface area contributed by atoms with Crippen LogP contribution >= 0.6 is 11.3 Å². The predicted octanol–water partition coefficient (Wildman–Crippen LogP) is 2.86. The predicted molar refractivity (Wildman–Crippen MR) is 66.6 cm³/mol. The molecule has 17 heavy (non-hydrogen) atoms. The number of aryl methyl sites for hydroxylation is 1. The molecule has 1 amide bonds. The van der Waals surface area contributed by atoms with E-state index in [-0.39, 0.29) is 5.91 Å². The van der Waals surface area contributed by atoms with E-state index in [1.807, 2.05) is 12.3 Å². The van der Waals surface area contributed by atoms with E-state index in [2.05, 4.69) is 16.4 Å². The van der Waals surface area contributed by atoms with Crippen molar-refractivity contribution in [3.63, 3.8) is 0 Å². The summed E-state index contributed by atoms with van der Waals surface area (Å²) in [5, 5.41) is 14.5. The number of rotatable bonds is 2. The second-order valence-electron chi connectivity index (χ2n) is 4.50. The van der Waals surface area contributed by atoms with Crippen molar-refractivity contribution < 1.29 is 4.79 Å². The van der Waals surface area contributed by atoms with Crippen LogP contribution in [0.15, 0.2) is 5.38 Å². The summed E-state index contributed by atoms with van der Waals surface area (Å²) in [7, 11) is 0. The smallest absolute Gasteiger partial charge is 0.246 e. The van der Waals surface area contributed by atoms with Crippen molar-refractivity contribution >= 4 is 22.4 Å². The zero-order chi connectivity index (χ0) is 12.3. The van der Waals surface area contributed by atoms with Crippen LogP contribution in [-0.2, 0) is 4.79 Å². The number of hydrogen-bond donors (Lipinski definition) is 1. The van der Waals surface area contributed by atoms with Gasteiger partial charge in [0.15, 0.2) is 5.13 Å². The second-order valence-corrected chi connectivity index (χ2v) is 5.36. The van der Waals surface area contributed by atoms with Gasteiger partial charge in [0, 0.05) is 5.38 Å². The number of nitrogens with one attached hydrogen (secondary N) is 1. The summed E-state index contributed by atoms with van der Waals surface area (Å²) < 4.78 is 0. The lowest BCUT2D eigenvalue weighted by atomic mass is 9.74. The van der Waals surface area contributed by atoms with Crippen molar-refractivity contribution in [2.45, 2.75) is 39.0 Å². The molecule has 4 nitrogen and oxygen atoms in total. The first-order valence-electron chi connectivity index (χ1n) is 5.81. The summed E-state index contributed by atoms with van der Waals surface area (Å²) >= 11 is 1.40. The topological polar surface area (TPSA) is 65.8 Å². The Morgan fingerprint density at radius 3 is 2.76 bits per heavy atom. The first-order valence-corrected chi connectivity index (χ1v) is 6.69. The van der Waals surface area contributed by atoms with Gasteiger partial charge in [0.25, 0.3) is 0 Å². The molecule has 1 aliphatic carbocycles. The van der Waals surface area contributed by atoms with Gasteiger partial charge in [0.2, 0.25) is 5.91 Å². The van der Waals surface area contributed by atoms with E-state index in [4.69, 9.17) is 0 Å². The van der Waals surface area contributed by atoms with Gasteiger partial charge >= 0.3 is 0 Å². The number of carbonyl (C=O) groups excluding carboxylic acids is 1. The summed E-state index contributed by atoms with van der Waals surface area (Å²) in [6.45, 7) is 1.88. The van der Waals surface area contributed by atoms with Crippen LogP contribution in [0.3, 0.4) is 0 Å². The summed E-state index contributed by atoms with van der Waals surface area (Å²) in [5.74, 6) is -0.186. The minimum absolute atomic E-state index is 0.186. The molecule has 1 aromatic rings. The Bertz CT molecular complexity index is 455. The molecule has 90 valence electrons. The number of anilines is 1. The Morgan fingerprint density at radius 1 is 1.53 bits per heavy atom. The number of nitrogens with zero attached hydrogens (tertiary/aromatic N) is 2. The number of aromatic nitrogens is 1. The monoisotopic (exact) mass is 249 g/mol. The summed E-state index contributed by atoms with van der Waals surface area (Å²) in [5.41, 5.74) is 0.0534. The maximum atomic E-state index is 12.2. The molecule has 0 aromatic carbocycles. The molecule has 1 heterocycles. The van der Waals surface area contributed by atoms with Gasteiger partial charge in [-0.1, -0.05) is 19.3 Å². The number of hydrogen-bond acceptors (Lipinski definition) is 4. The van der Waals surface area contributed by atoms with Crippen molar-refractivity contribution in [1.29, 1.82) is 5.26 Å². The Labute approximate surface area is 105 Å². The lowest BCUT2D eigenvalue weighted by Gasteiger charge is -2.28. The highest BCUT2D eigenvalue weighted by Gasteiger charge is 2.40. The highest BCUT2D eigenvalue weighted by molar-refractivity contribution is 7.13. The second kappa shape index (κ2) is 4.84. The number of amides is 1. The molecule has 0 radical (unpaired) electrons. The molecule has 5 heteroatoms. The van der Waals surface area contributed by atoms with Gasteiger partial charge in [-0.15, -0.1) is 11.3 Å². The van der Waals surface area contributed by atoms with Crippen molar-refractivity contribution in [2.75, 3.05) is 5.32 Å². The van der Waals surface area contributed by atoms with E-state index >= 15 is 0 Å². The van der Waals surface area contributed by atoms with E-state index in [1.54, 1.807) is 0 Å². The van der Waals surface area contributed by atoms with Crippen LogP contribution in [0.4, 0.5) is 5.13 Å². The highest BCUT2D eigenvalue weighted by Crippen LogP contribution is 2.36. The molecule has 1 fully saturated rings. The van der Waals surface area contributed by atoms with E-state index in [1.165, 1.54) is 11.3 Å². The van der Waals surface area contributed by atoms with E-state index in [0.717, 1.165) is 25.0 Å². The third kappa shape index (κ3) is 2.47. The molecular weight excluding hydrogens is 234 g/mol. The van der Waals surface area contributed by atoms with Crippen LogP contribution in [-0.4, -0.2) is 10.9 Å². The van der Waals surface area contributed by atoms with Gasteiger partial charge in [0.1, 0.15) is 5.41 Å². The first-order chi connectivity index (χ1) is 8.16. The van der Waals surface area contributed by atoms with Gasteiger partial charge in [-0.05, 0) is 19.8 Å². The standard InChI is InChI=1S/C12H15N3OS/c1-9-7-17-11(14-9)15-10(16)12(8-13)5-3-2-4-6-12/h7H,2-6H2,1H3,(H,14,15,16). The molecule has 1 saturated carbocycles. The van der Waals surface area contributed by atoms with Gasteiger partial charge in [0.05, 0.1) is 11.8 Å². The van der Waals surface area contributed by atoms with Crippen molar-refractivity contribution in [2.24, 2.45) is 5.41 Å². The Balaban J connectivity index is 2.10. The molecule has 0 aliphatic heterocycles. The minimum atomic E-state index is -0.835. The fourth-order valence-electron chi connectivity index (χ4n) is 2.17. The van der Waals surface area contributed by atoms with Gasteiger partial charge < -0.3 is 5.32 Å². The average molecular weight is 249 g/mol. The van der Waals surface area contributed by atoms with Crippen LogP contribution in [0.2, 0.25) is 0 Å². The third-order valence-electron chi connectivity index (χ3n) is 3.20. The van der Waals surface area contributed by atoms with Crippen molar-refractivity contribution in [1.82, 2.24) is 4.98 Å². The van der Waals surface area contributed by atoms with E-state index in [9.17, 15) is 10.1 Å². The van der Waals surface area contributed by atoms with Gasteiger partial charge in [-0.3, -0.25) is 4.79 Å². The number of nitriles is 1. The molecular formula is C12H15N3OS. The first kappa shape index (κ1) is 12.1.